The van der Waals surface area contributed by atoms with Gasteiger partial charge in [0.05, 0.1) is 5.02 Å². The highest BCUT2D eigenvalue weighted by Crippen LogP contribution is 2.35. The monoisotopic (exact) mass is 322 g/mol. The predicted molar refractivity (Wildman–Crippen MR) is 81.9 cm³/mol. The molecule has 0 aromatic heterocycles. The number of rotatable bonds is 3. The van der Waals surface area contributed by atoms with Gasteiger partial charge in [0.15, 0.2) is 17.3 Å². The maximum absolute atomic E-state index is 12.4. The zero-order valence-corrected chi connectivity index (χ0v) is 12.6. The summed E-state index contributed by atoms with van der Waals surface area (Å²) in [5, 5.41) is 1.02. The average molecular weight is 323 g/mol. The van der Waals surface area contributed by atoms with E-state index in [-0.39, 0.29) is 12.2 Å². The van der Waals surface area contributed by atoms with Gasteiger partial charge in [-0.2, -0.15) is 0 Å². The summed E-state index contributed by atoms with van der Waals surface area (Å²) in [6.07, 6.45) is 0.260. The summed E-state index contributed by atoms with van der Waals surface area (Å²) in [6, 6.07) is 10.4. The third kappa shape index (κ3) is 3.14. The van der Waals surface area contributed by atoms with Crippen molar-refractivity contribution in [2.24, 2.45) is 0 Å². The van der Waals surface area contributed by atoms with E-state index in [1.807, 2.05) is 12.1 Å². The topological polar surface area (TPSA) is 35.5 Å². The summed E-state index contributed by atoms with van der Waals surface area (Å²) in [7, 11) is 0. The molecule has 0 bridgehead atoms. The van der Waals surface area contributed by atoms with E-state index in [1.165, 1.54) is 0 Å². The lowest BCUT2D eigenvalue weighted by atomic mass is 10.0. The molecule has 0 N–H and O–H groups in total. The summed E-state index contributed by atoms with van der Waals surface area (Å²) in [5.41, 5.74) is 1.33. The first-order chi connectivity index (χ1) is 10.1. The molecule has 0 radical (unpaired) electrons. The number of ketones is 1. The fourth-order valence-corrected chi connectivity index (χ4v) is 2.55. The molecule has 3 nitrogen and oxygen atoms in total. The molecule has 2 aromatic carbocycles. The van der Waals surface area contributed by atoms with E-state index in [4.69, 9.17) is 32.7 Å². The van der Waals surface area contributed by atoms with Crippen LogP contribution in [0.5, 0.6) is 11.5 Å². The molecule has 0 amide bonds. The van der Waals surface area contributed by atoms with Crippen molar-refractivity contribution in [2.75, 3.05) is 13.2 Å². The van der Waals surface area contributed by atoms with Gasteiger partial charge in [0.1, 0.15) is 13.2 Å². The molecular formula is C16H12Cl2O3. The Morgan fingerprint density at radius 3 is 2.29 bits per heavy atom. The first kappa shape index (κ1) is 14.2. The maximum atomic E-state index is 12.4. The largest absolute Gasteiger partial charge is 0.486 e. The molecule has 1 aliphatic heterocycles. The molecule has 108 valence electrons. The molecule has 2 aromatic rings. The number of hydrogen-bond donors (Lipinski definition) is 0. The minimum Gasteiger partial charge on any atom is -0.486 e. The average Bonchev–Trinajstić information content (AvgIpc) is 2.49. The fraction of sp³-hybridized carbons (Fsp3) is 0.188. The zero-order valence-electron chi connectivity index (χ0n) is 11.1. The SMILES string of the molecule is O=C(Cc1ccc(Cl)cc1)c1cc2c(cc1Cl)OCCO2. The molecule has 0 atom stereocenters. The van der Waals surface area contributed by atoms with Crippen LogP contribution >= 0.6 is 23.2 Å². The predicted octanol–water partition coefficient (Wildman–Crippen LogP) is 4.19. The van der Waals surface area contributed by atoms with Gasteiger partial charge < -0.3 is 9.47 Å². The first-order valence-electron chi connectivity index (χ1n) is 6.50. The number of halogens is 2. The van der Waals surface area contributed by atoms with Crippen LogP contribution in [0.15, 0.2) is 36.4 Å². The lowest BCUT2D eigenvalue weighted by Crippen LogP contribution is -2.16. The van der Waals surface area contributed by atoms with Crippen LogP contribution in [0.2, 0.25) is 10.0 Å². The lowest BCUT2D eigenvalue weighted by Gasteiger charge is -2.19. The van der Waals surface area contributed by atoms with E-state index in [2.05, 4.69) is 0 Å². The van der Waals surface area contributed by atoms with E-state index in [9.17, 15) is 4.79 Å². The van der Waals surface area contributed by atoms with Crippen LogP contribution in [0.25, 0.3) is 0 Å². The van der Waals surface area contributed by atoms with Gasteiger partial charge in [0.25, 0.3) is 0 Å². The molecule has 5 heteroatoms. The van der Waals surface area contributed by atoms with Crippen molar-refractivity contribution in [3.8, 4) is 11.5 Å². The van der Waals surface area contributed by atoms with Crippen molar-refractivity contribution in [1.82, 2.24) is 0 Å². The van der Waals surface area contributed by atoms with Crippen molar-refractivity contribution < 1.29 is 14.3 Å². The van der Waals surface area contributed by atoms with Gasteiger partial charge in [0.2, 0.25) is 0 Å². The summed E-state index contributed by atoms with van der Waals surface area (Å²) in [4.78, 5) is 12.4. The second-order valence-corrected chi connectivity index (χ2v) is 5.55. The second kappa shape index (κ2) is 5.96. The second-order valence-electron chi connectivity index (χ2n) is 4.70. The van der Waals surface area contributed by atoms with Crippen molar-refractivity contribution in [3.63, 3.8) is 0 Å². The van der Waals surface area contributed by atoms with Crippen LogP contribution < -0.4 is 9.47 Å². The van der Waals surface area contributed by atoms with Crippen LogP contribution in [0, 0.1) is 0 Å². The Morgan fingerprint density at radius 1 is 1.00 bits per heavy atom. The lowest BCUT2D eigenvalue weighted by molar-refractivity contribution is 0.0992. The Hall–Kier alpha value is -1.71. The van der Waals surface area contributed by atoms with E-state index < -0.39 is 0 Å². The first-order valence-corrected chi connectivity index (χ1v) is 7.26. The molecule has 1 aliphatic rings. The minimum atomic E-state index is -0.0701. The van der Waals surface area contributed by atoms with Crippen LogP contribution in [0.4, 0.5) is 0 Å². The van der Waals surface area contributed by atoms with Crippen molar-refractivity contribution in [1.29, 1.82) is 0 Å². The normalized spacial score (nSPS) is 13.0. The van der Waals surface area contributed by atoms with Crippen LogP contribution in [-0.4, -0.2) is 19.0 Å². The zero-order chi connectivity index (χ0) is 14.8. The Balaban J connectivity index is 1.85. The standard InChI is InChI=1S/C16H12Cl2O3/c17-11-3-1-10(2-4-11)7-14(19)12-8-15-16(9-13(12)18)21-6-5-20-15/h1-4,8-9H,5-7H2. The molecule has 1 heterocycles. The van der Waals surface area contributed by atoms with Crippen LogP contribution in [-0.2, 0) is 6.42 Å². The summed E-state index contributed by atoms with van der Waals surface area (Å²) >= 11 is 12.0. The number of ether oxygens (including phenoxy) is 2. The number of hydrogen-bond acceptors (Lipinski definition) is 3. The Labute approximate surface area is 132 Å². The smallest absolute Gasteiger partial charge is 0.168 e. The third-order valence-electron chi connectivity index (χ3n) is 3.21. The van der Waals surface area contributed by atoms with E-state index in [1.54, 1.807) is 24.3 Å². The van der Waals surface area contributed by atoms with Crippen LogP contribution in [0.3, 0.4) is 0 Å². The Morgan fingerprint density at radius 2 is 1.62 bits per heavy atom. The number of Topliss-reactive ketones (excluding diaryl/α,β-unsaturated/α-hetero) is 1. The molecule has 0 fully saturated rings. The van der Waals surface area contributed by atoms with Gasteiger partial charge in [-0.25, -0.2) is 0 Å². The van der Waals surface area contributed by atoms with Gasteiger partial charge in [-0.15, -0.1) is 0 Å². The van der Waals surface area contributed by atoms with Gasteiger partial charge in [-0.1, -0.05) is 35.3 Å². The number of fused-ring (bicyclic) bond motifs is 1. The molecule has 21 heavy (non-hydrogen) atoms. The van der Waals surface area contributed by atoms with Crippen molar-refractivity contribution in [2.45, 2.75) is 6.42 Å². The van der Waals surface area contributed by atoms with Gasteiger partial charge in [-0.05, 0) is 23.8 Å². The number of carbonyl (C=O) groups is 1. The Bertz CT molecular complexity index is 681. The molecule has 0 spiro atoms. The Kier molecular flexibility index (Phi) is 4.04. The molecule has 0 unspecified atom stereocenters. The molecule has 0 aliphatic carbocycles. The van der Waals surface area contributed by atoms with E-state index in [0.717, 1.165) is 5.56 Å². The third-order valence-corrected chi connectivity index (χ3v) is 3.77. The van der Waals surface area contributed by atoms with Crippen LogP contribution in [0.1, 0.15) is 15.9 Å². The molecule has 0 saturated carbocycles. The van der Waals surface area contributed by atoms with Gasteiger partial charge >= 0.3 is 0 Å². The summed E-state index contributed by atoms with van der Waals surface area (Å²) in [6.45, 7) is 0.959. The number of carbonyl (C=O) groups excluding carboxylic acids is 1. The quantitative estimate of drug-likeness (QED) is 0.795. The van der Waals surface area contributed by atoms with Gasteiger partial charge in [-0.3, -0.25) is 4.79 Å². The minimum absolute atomic E-state index is 0.0701. The molecular weight excluding hydrogens is 311 g/mol. The molecule has 0 saturated heterocycles. The highest BCUT2D eigenvalue weighted by molar-refractivity contribution is 6.34. The van der Waals surface area contributed by atoms with Crippen molar-refractivity contribution in [3.05, 3.63) is 57.6 Å². The van der Waals surface area contributed by atoms with Gasteiger partial charge in [0, 0.05) is 23.1 Å². The summed E-state index contributed by atoms with van der Waals surface area (Å²) in [5.74, 6) is 1.07. The van der Waals surface area contributed by atoms with E-state index >= 15 is 0 Å². The highest BCUT2D eigenvalue weighted by Gasteiger charge is 2.19. The van der Waals surface area contributed by atoms with E-state index in [0.29, 0.717) is 40.3 Å². The highest BCUT2D eigenvalue weighted by atomic mass is 35.5. The van der Waals surface area contributed by atoms with Crippen molar-refractivity contribution >= 4 is 29.0 Å². The molecule has 3 rings (SSSR count). The fourth-order valence-electron chi connectivity index (χ4n) is 2.16. The maximum Gasteiger partial charge on any atom is 0.168 e. The summed E-state index contributed by atoms with van der Waals surface area (Å²) < 4.78 is 10.9. The number of benzene rings is 2.